The highest BCUT2D eigenvalue weighted by Gasteiger charge is 2.33. The highest BCUT2D eigenvalue weighted by molar-refractivity contribution is 5.14. The first kappa shape index (κ1) is 23.7. The summed E-state index contributed by atoms with van der Waals surface area (Å²) >= 11 is 0. The van der Waals surface area contributed by atoms with Crippen molar-refractivity contribution in [2.75, 3.05) is 0 Å². The third-order valence-corrected chi connectivity index (χ3v) is 6.11. The van der Waals surface area contributed by atoms with E-state index in [1.165, 1.54) is 44.1 Å². The van der Waals surface area contributed by atoms with E-state index in [9.17, 15) is 5.11 Å². The maximum absolute atomic E-state index is 10.4. The molecule has 1 aromatic rings. The van der Waals surface area contributed by atoms with Crippen LogP contribution >= 0.6 is 0 Å². The van der Waals surface area contributed by atoms with Crippen LogP contribution < -0.4 is 0 Å². The fourth-order valence-corrected chi connectivity index (χ4v) is 4.58. The lowest BCUT2D eigenvalue weighted by Crippen LogP contribution is -2.18. The Balaban J connectivity index is 1.58. The van der Waals surface area contributed by atoms with Crippen LogP contribution in [0.1, 0.15) is 83.6 Å². The van der Waals surface area contributed by atoms with Gasteiger partial charge in [0.1, 0.15) is 0 Å². The normalized spacial score (nSPS) is 21.9. The molecule has 29 heavy (non-hydrogen) atoms. The van der Waals surface area contributed by atoms with Crippen molar-refractivity contribution in [3.8, 4) is 0 Å². The average Bonchev–Trinajstić information content (AvgIpc) is 3.04. The first-order valence-corrected chi connectivity index (χ1v) is 11.8. The summed E-state index contributed by atoms with van der Waals surface area (Å²) in [4.78, 5) is 0. The number of hydrogen-bond donors (Lipinski definition) is 1. The molecule has 0 amide bonds. The van der Waals surface area contributed by atoms with Gasteiger partial charge in [0.25, 0.3) is 0 Å². The van der Waals surface area contributed by atoms with E-state index in [1.807, 2.05) is 13.8 Å². The molecule has 2 rings (SSSR count). The van der Waals surface area contributed by atoms with Crippen molar-refractivity contribution in [1.82, 2.24) is 0 Å². The summed E-state index contributed by atoms with van der Waals surface area (Å²) in [6.45, 7) is 8.06. The van der Waals surface area contributed by atoms with Crippen molar-refractivity contribution in [3.05, 3.63) is 60.4 Å². The Labute approximate surface area is 179 Å². The third-order valence-electron chi connectivity index (χ3n) is 6.11. The molecule has 0 spiro atoms. The molecule has 2 nitrogen and oxygen atoms in total. The Morgan fingerprint density at radius 1 is 1.10 bits per heavy atom. The van der Waals surface area contributed by atoms with Gasteiger partial charge in [-0.2, -0.15) is 0 Å². The summed E-state index contributed by atoms with van der Waals surface area (Å²) in [5, 5.41) is 10.4. The molecule has 3 atom stereocenters. The lowest BCUT2D eigenvalue weighted by molar-refractivity contribution is 0.110. The van der Waals surface area contributed by atoms with E-state index in [0.717, 1.165) is 37.9 Å². The largest absolute Gasteiger partial charge is 0.496 e. The van der Waals surface area contributed by atoms with E-state index < -0.39 is 0 Å². The summed E-state index contributed by atoms with van der Waals surface area (Å²) in [5.41, 5.74) is 1.44. The van der Waals surface area contributed by atoms with Crippen LogP contribution in [0.2, 0.25) is 0 Å². The number of allylic oxidation sites excluding steroid dienone is 3. The van der Waals surface area contributed by atoms with Gasteiger partial charge < -0.3 is 9.84 Å². The van der Waals surface area contributed by atoms with Gasteiger partial charge in [-0.1, -0.05) is 61.9 Å². The second-order valence-electron chi connectivity index (χ2n) is 8.96. The molecule has 1 saturated carbocycles. The number of aryl methyl sites for hydroxylation is 1. The molecule has 1 unspecified atom stereocenters. The number of aliphatic hydroxyl groups excluding tert-OH is 1. The van der Waals surface area contributed by atoms with Crippen LogP contribution in [0.25, 0.3) is 0 Å². The van der Waals surface area contributed by atoms with Gasteiger partial charge in [0.05, 0.1) is 18.0 Å². The Hall–Kier alpha value is -1.54. The smallest absolute Gasteiger partial charge is 0.0926 e. The number of aliphatic hydroxyl groups is 1. The molecule has 0 bridgehead atoms. The Kier molecular flexibility index (Phi) is 11.2. The van der Waals surface area contributed by atoms with Gasteiger partial charge in [-0.15, -0.1) is 0 Å². The molecular weight excluding hydrogens is 356 g/mol. The predicted molar refractivity (Wildman–Crippen MR) is 124 cm³/mol. The van der Waals surface area contributed by atoms with Crippen LogP contribution in [-0.2, 0) is 11.2 Å². The van der Waals surface area contributed by atoms with Crippen molar-refractivity contribution < 1.29 is 9.84 Å². The first-order valence-electron chi connectivity index (χ1n) is 11.8. The van der Waals surface area contributed by atoms with Gasteiger partial charge in [-0.25, -0.2) is 0 Å². The van der Waals surface area contributed by atoms with E-state index in [1.54, 1.807) is 0 Å². The third kappa shape index (κ3) is 9.67. The van der Waals surface area contributed by atoms with E-state index in [4.69, 9.17) is 4.74 Å². The van der Waals surface area contributed by atoms with Gasteiger partial charge in [-0.3, -0.25) is 0 Å². The molecule has 0 radical (unpaired) electrons. The topological polar surface area (TPSA) is 29.5 Å². The maximum atomic E-state index is 10.4. The fraction of sp³-hybridized carbons (Fsp3) is 0.630. The van der Waals surface area contributed by atoms with E-state index in [2.05, 4.69) is 49.1 Å². The Morgan fingerprint density at radius 3 is 2.66 bits per heavy atom. The zero-order valence-electron chi connectivity index (χ0n) is 18.7. The first-order chi connectivity index (χ1) is 14.1. The molecule has 1 fully saturated rings. The minimum Gasteiger partial charge on any atom is -0.496 e. The average molecular weight is 399 g/mol. The number of benzene rings is 1. The van der Waals surface area contributed by atoms with Crippen LogP contribution in [0.3, 0.4) is 0 Å². The van der Waals surface area contributed by atoms with Crippen LogP contribution in [0, 0.1) is 11.8 Å². The van der Waals surface area contributed by atoms with Crippen molar-refractivity contribution in [3.63, 3.8) is 0 Å². The van der Waals surface area contributed by atoms with Crippen LogP contribution in [0.15, 0.2) is 54.8 Å². The van der Waals surface area contributed by atoms with E-state index >= 15 is 0 Å². The molecule has 1 aliphatic carbocycles. The Morgan fingerprint density at radius 2 is 1.90 bits per heavy atom. The lowest BCUT2D eigenvalue weighted by atomic mass is 9.87. The zero-order chi connectivity index (χ0) is 20.9. The maximum Gasteiger partial charge on any atom is 0.0926 e. The lowest BCUT2D eigenvalue weighted by Gasteiger charge is -2.21. The summed E-state index contributed by atoms with van der Waals surface area (Å²) in [5.74, 6) is 2.06. The molecule has 162 valence electrons. The van der Waals surface area contributed by atoms with Gasteiger partial charge in [0.15, 0.2) is 0 Å². The zero-order valence-corrected chi connectivity index (χ0v) is 18.7. The number of hydrogen-bond acceptors (Lipinski definition) is 2. The van der Waals surface area contributed by atoms with E-state index in [0.29, 0.717) is 11.8 Å². The van der Waals surface area contributed by atoms with Gasteiger partial charge in [-0.05, 0) is 82.6 Å². The predicted octanol–water partition coefficient (Wildman–Crippen LogP) is 7.23. The highest BCUT2D eigenvalue weighted by Crippen LogP contribution is 2.38. The number of rotatable bonds is 14. The SMILES string of the molecule is C=C(CCC/C=C\C[C@H]1CC[C@@H](O)C1CCCCCc1ccccc1)OC(C)C. The molecule has 0 aromatic heterocycles. The second kappa shape index (κ2) is 13.6. The quantitative estimate of drug-likeness (QED) is 0.203. The van der Waals surface area contributed by atoms with Crippen LogP contribution in [-0.4, -0.2) is 17.3 Å². The molecule has 0 saturated heterocycles. The van der Waals surface area contributed by atoms with Crippen molar-refractivity contribution in [2.45, 2.75) is 96.7 Å². The summed E-state index contributed by atoms with van der Waals surface area (Å²) in [6, 6.07) is 10.8. The molecule has 0 heterocycles. The van der Waals surface area contributed by atoms with Crippen molar-refractivity contribution in [2.24, 2.45) is 11.8 Å². The number of ether oxygens (including phenoxy) is 1. The minimum absolute atomic E-state index is 0.0842. The van der Waals surface area contributed by atoms with Crippen LogP contribution in [0.4, 0.5) is 0 Å². The second-order valence-corrected chi connectivity index (χ2v) is 8.96. The summed E-state index contributed by atoms with van der Waals surface area (Å²) in [7, 11) is 0. The molecule has 2 heteroatoms. The van der Waals surface area contributed by atoms with Gasteiger partial charge in [0.2, 0.25) is 0 Å². The highest BCUT2D eigenvalue weighted by atomic mass is 16.5. The van der Waals surface area contributed by atoms with Crippen LogP contribution in [0.5, 0.6) is 0 Å². The molecular formula is C27H42O2. The summed E-state index contributed by atoms with van der Waals surface area (Å²) in [6.07, 6.45) is 17.3. The molecule has 1 aliphatic rings. The Bertz CT molecular complexity index is 590. The monoisotopic (exact) mass is 398 g/mol. The summed E-state index contributed by atoms with van der Waals surface area (Å²) < 4.78 is 5.60. The van der Waals surface area contributed by atoms with Gasteiger partial charge >= 0.3 is 0 Å². The van der Waals surface area contributed by atoms with Gasteiger partial charge in [0, 0.05) is 6.42 Å². The number of unbranched alkanes of at least 4 members (excludes halogenated alkanes) is 3. The van der Waals surface area contributed by atoms with E-state index in [-0.39, 0.29) is 12.2 Å². The standard InChI is InChI=1S/C27H42O2/c1-22(2)29-23(3)14-8-4-5-12-18-25-20-21-27(28)26(25)19-13-7-11-17-24-15-9-6-10-16-24/h5-6,9-10,12,15-16,22,25-28H,3-4,7-8,11,13-14,17-21H2,1-2H3/b12-5-/t25-,26?,27+/m0/s1. The van der Waals surface area contributed by atoms with Crippen molar-refractivity contribution >= 4 is 0 Å². The molecule has 0 aliphatic heterocycles. The molecule has 1 N–H and O–H groups in total. The molecule has 1 aromatic carbocycles. The fourth-order valence-electron chi connectivity index (χ4n) is 4.58. The van der Waals surface area contributed by atoms with Crippen molar-refractivity contribution in [1.29, 1.82) is 0 Å². The minimum atomic E-state index is -0.0842.